The van der Waals surface area contributed by atoms with E-state index in [2.05, 4.69) is 5.32 Å². The van der Waals surface area contributed by atoms with Crippen molar-refractivity contribution < 1.29 is 18.4 Å². The number of urea groups is 1. The summed E-state index contributed by atoms with van der Waals surface area (Å²) in [6, 6.07) is 8.87. The average molecular weight is 365 g/mol. The number of amides is 3. The van der Waals surface area contributed by atoms with Gasteiger partial charge in [0.2, 0.25) is 0 Å². The van der Waals surface area contributed by atoms with Gasteiger partial charge in [-0.1, -0.05) is 36.7 Å². The average Bonchev–Trinajstić information content (AvgIpc) is 2.83. The van der Waals surface area contributed by atoms with Crippen LogP contribution >= 0.6 is 11.6 Å². The van der Waals surface area contributed by atoms with Crippen molar-refractivity contribution in [2.75, 3.05) is 0 Å². The second-order valence-electron chi connectivity index (χ2n) is 5.79. The highest BCUT2D eigenvalue weighted by molar-refractivity contribution is 6.31. The summed E-state index contributed by atoms with van der Waals surface area (Å²) in [4.78, 5) is 26.3. The van der Waals surface area contributed by atoms with E-state index in [9.17, 15) is 18.4 Å². The molecule has 3 amide bonds. The van der Waals surface area contributed by atoms with Crippen LogP contribution in [0.4, 0.5) is 13.6 Å². The van der Waals surface area contributed by atoms with Gasteiger partial charge in [0, 0.05) is 10.6 Å². The standard InChI is InChI=1S/C18H15ClF2N2O2/c1-2-18(11-6-8-12(20)9-7-11)16(24)23(17(25)22-18)10-13-14(19)4-3-5-15(13)21/h3-9H,2,10H2,1H3,(H,22,25)/t18-/m0/s1. The molecule has 1 aliphatic heterocycles. The zero-order valence-corrected chi connectivity index (χ0v) is 14.1. The van der Waals surface area contributed by atoms with Crippen molar-refractivity contribution >= 4 is 23.5 Å². The Balaban J connectivity index is 1.97. The molecule has 1 atom stereocenters. The SMILES string of the molecule is CC[C@@]1(c2ccc(F)cc2)NC(=O)N(Cc2c(F)cccc2Cl)C1=O. The number of carbonyl (C=O) groups is 2. The number of hydrogen-bond donors (Lipinski definition) is 1. The van der Waals surface area contributed by atoms with Gasteiger partial charge < -0.3 is 5.32 Å². The highest BCUT2D eigenvalue weighted by Gasteiger charge is 2.51. The minimum Gasteiger partial charge on any atom is -0.319 e. The van der Waals surface area contributed by atoms with E-state index < -0.39 is 29.1 Å². The van der Waals surface area contributed by atoms with Gasteiger partial charge in [0.1, 0.15) is 17.2 Å². The molecule has 1 fully saturated rings. The van der Waals surface area contributed by atoms with E-state index in [4.69, 9.17) is 11.6 Å². The van der Waals surface area contributed by atoms with Gasteiger partial charge in [-0.2, -0.15) is 0 Å². The van der Waals surface area contributed by atoms with Crippen molar-refractivity contribution in [1.29, 1.82) is 0 Å². The second-order valence-corrected chi connectivity index (χ2v) is 6.19. The summed E-state index contributed by atoms with van der Waals surface area (Å²) in [5.74, 6) is -1.56. The summed E-state index contributed by atoms with van der Waals surface area (Å²) >= 11 is 5.99. The van der Waals surface area contributed by atoms with E-state index in [0.717, 1.165) is 4.90 Å². The summed E-state index contributed by atoms with van der Waals surface area (Å²) in [5.41, 5.74) is -0.766. The van der Waals surface area contributed by atoms with Crippen molar-refractivity contribution in [3.63, 3.8) is 0 Å². The first-order valence-corrected chi connectivity index (χ1v) is 8.10. The maximum atomic E-state index is 14.0. The number of nitrogens with one attached hydrogen (secondary N) is 1. The smallest absolute Gasteiger partial charge is 0.319 e. The molecule has 0 unspecified atom stereocenters. The summed E-state index contributed by atoms with van der Waals surface area (Å²) in [6.45, 7) is 1.46. The predicted molar refractivity (Wildman–Crippen MR) is 88.9 cm³/mol. The number of benzene rings is 2. The van der Waals surface area contributed by atoms with E-state index in [1.807, 2.05) is 0 Å². The van der Waals surface area contributed by atoms with E-state index in [1.54, 1.807) is 6.92 Å². The van der Waals surface area contributed by atoms with Crippen molar-refractivity contribution in [2.24, 2.45) is 0 Å². The number of halogens is 3. The number of nitrogens with zero attached hydrogens (tertiary/aromatic N) is 1. The third-order valence-electron chi connectivity index (χ3n) is 4.42. The number of hydrogen-bond acceptors (Lipinski definition) is 2. The molecule has 0 saturated carbocycles. The fourth-order valence-electron chi connectivity index (χ4n) is 2.99. The molecule has 2 aromatic rings. The molecule has 1 heterocycles. The van der Waals surface area contributed by atoms with E-state index in [1.165, 1.54) is 42.5 Å². The Kier molecular flexibility index (Phi) is 4.47. The lowest BCUT2D eigenvalue weighted by atomic mass is 9.87. The molecule has 1 N–H and O–H groups in total. The van der Waals surface area contributed by atoms with E-state index in [-0.39, 0.29) is 23.6 Å². The first-order chi connectivity index (χ1) is 11.9. The van der Waals surface area contributed by atoms with E-state index >= 15 is 0 Å². The Hall–Kier alpha value is -2.47. The molecule has 0 aromatic heterocycles. The van der Waals surface area contributed by atoms with Gasteiger partial charge in [-0.25, -0.2) is 13.6 Å². The minimum absolute atomic E-state index is 0.0682. The lowest BCUT2D eigenvalue weighted by molar-refractivity contribution is -0.132. The van der Waals surface area contributed by atoms with Crippen LogP contribution in [0.5, 0.6) is 0 Å². The van der Waals surface area contributed by atoms with Crippen molar-refractivity contribution in [3.8, 4) is 0 Å². The predicted octanol–water partition coefficient (Wildman–Crippen LogP) is 3.98. The molecule has 0 bridgehead atoms. The topological polar surface area (TPSA) is 49.4 Å². The highest BCUT2D eigenvalue weighted by Crippen LogP contribution is 2.34. The molecule has 4 nitrogen and oxygen atoms in total. The summed E-state index contributed by atoms with van der Waals surface area (Å²) in [6.07, 6.45) is 0.269. The quantitative estimate of drug-likeness (QED) is 0.834. The van der Waals surface area contributed by atoms with Gasteiger partial charge in [-0.05, 0) is 36.2 Å². The van der Waals surface area contributed by atoms with Crippen LogP contribution in [-0.4, -0.2) is 16.8 Å². The molecule has 3 rings (SSSR count). The van der Waals surface area contributed by atoms with Gasteiger partial charge in [0.15, 0.2) is 0 Å². The monoisotopic (exact) mass is 364 g/mol. The van der Waals surface area contributed by atoms with Crippen LogP contribution in [0.1, 0.15) is 24.5 Å². The Morgan fingerprint density at radius 2 is 1.80 bits per heavy atom. The fourth-order valence-corrected chi connectivity index (χ4v) is 3.21. The lowest BCUT2D eigenvalue weighted by Crippen LogP contribution is -2.43. The largest absolute Gasteiger partial charge is 0.325 e. The van der Waals surface area contributed by atoms with E-state index in [0.29, 0.717) is 5.56 Å². The van der Waals surface area contributed by atoms with Gasteiger partial charge in [-0.3, -0.25) is 9.69 Å². The molecule has 2 aromatic carbocycles. The normalized spacial score (nSPS) is 20.1. The second kappa shape index (κ2) is 6.44. The summed E-state index contributed by atoms with van der Waals surface area (Å²) < 4.78 is 27.2. The third kappa shape index (κ3) is 2.87. The maximum absolute atomic E-state index is 14.0. The first kappa shape index (κ1) is 17.4. The Bertz CT molecular complexity index is 821. The molecule has 0 aliphatic carbocycles. The van der Waals surface area contributed by atoms with Crippen LogP contribution in [0.2, 0.25) is 5.02 Å². The van der Waals surface area contributed by atoms with Crippen molar-refractivity contribution in [2.45, 2.75) is 25.4 Å². The molecule has 0 radical (unpaired) electrons. The van der Waals surface area contributed by atoms with Crippen molar-refractivity contribution in [1.82, 2.24) is 10.2 Å². The first-order valence-electron chi connectivity index (χ1n) is 7.72. The zero-order chi connectivity index (χ0) is 18.2. The summed E-state index contributed by atoms with van der Waals surface area (Å²) in [5, 5.41) is 2.80. The zero-order valence-electron chi connectivity index (χ0n) is 13.4. The molecular formula is C18H15ClF2N2O2. The van der Waals surface area contributed by atoms with Crippen molar-refractivity contribution in [3.05, 3.63) is 70.2 Å². The Labute approximate surface area is 148 Å². The number of carbonyl (C=O) groups excluding carboxylic acids is 2. The molecule has 25 heavy (non-hydrogen) atoms. The van der Waals surface area contributed by atoms with Crippen LogP contribution in [0.15, 0.2) is 42.5 Å². The number of imide groups is 1. The third-order valence-corrected chi connectivity index (χ3v) is 4.78. The Morgan fingerprint density at radius 3 is 2.40 bits per heavy atom. The van der Waals surface area contributed by atoms with Crippen LogP contribution in [0, 0.1) is 11.6 Å². The Morgan fingerprint density at radius 1 is 1.12 bits per heavy atom. The van der Waals surface area contributed by atoms with Gasteiger partial charge in [0.05, 0.1) is 6.54 Å². The van der Waals surface area contributed by atoms with Crippen LogP contribution in [0.3, 0.4) is 0 Å². The van der Waals surface area contributed by atoms with Crippen LogP contribution in [0.25, 0.3) is 0 Å². The fraction of sp³-hybridized carbons (Fsp3) is 0.222. The van der Waals surface area contributed by atoms with Gasteiger partial charge in [-0.15, -0.1) is 0 Å². The van der Waals surface area contributed by atoms with Gasteiger partial charge in [0.25, 0.3) is 5.91 Å². The van der Waals surface area contributed by atoms with Crippen LogP contribution < -0.4 is 5.32 Å². The molecule has 7 heteroatoms. The molecule has 1 saturated heterocycles. The molecule has 0 spiro atoms. The molecule has 1 aliphatic rings. The summed E-state index contributed by atoms with van der Waals surface area (Å²) in [7, 11) is 0. The van der Waals surface area contributed by atoms with Gasteiger partial charge >= 0.3 is 6.03 Å². The lowest BCUT2D eigenvalue weighted by Gasteiger charge is -2.26. The maximum Gasteiger partial charge on any atom is 0.325 e. The number of rotatable bonds is 4. The minimum atomic E-state index is -1.30. The molecule has 130 valence electrons. The molecular weight excluding hydrogens is 350 g/mol. The van der Waals surface area contributed by atoms with Crippen LogP contribution in [-0.2, 0) is 16.9 Å². The highest BCUT2D eigenvalue weighted by atomic mass is 35.5.